The topological polar surface area (TPSA) is 26.3 Å². The largest absolute Gasteiger partial charge is 0.497 e. The molecule has 0 spiro atoms. The second-order valence-corrected chi connectivity index (χ2v) is 5.24. The zero-order chi connectivity index (χ0) is 13.5. The normalized spacial score (nSPS) is 18.3. The summed E-state index contributed by atoms with van der Waals surface area (Å²) in [7, 11) is 1.66. The number of carbonyl (C=O) groups is 1. The summed E-state index contributed by atoms with van der Waals surface area (Å²) in [5.74, 6) is 1.84. The van der Waals surface area contributed by atoms with Crippen molar-refractivity contribution in [1.82, 2.24) is 0 Å². The maximum Gasteiger partial charge on any atom is 0.133 e. The average molecular weight is 258 g/mol. The Morgan fingerprint density at radius 2 is 2.05 bits per heavy atom. The third-order valence-corrected chi connectivity index (χ3v) is 3.75. The first-order valence-corrected chi connectivity index (χ1v) is 7.07. The van der Waals surface area contributed by atoms with Crippen LogP contribution in [0.4, 0.5) is 0 Å². The Kier molecular flexibility index (Phi) is 5.20. The molecule has 0 bridgehead atoms. The Bertz CT molecular complexity index is 431. The van der Waals surface area contributed by atoms with Crippen molar-refractivity contribution in [1.29, 1.82) is 0 Å². The number of carbonyl (C=O) groups excluding carboxylic acids is 1. The highest BCUT2D eigenvalue weighted by molar-refractivity contribution is 5.78. The van der Waals surface area contributed by atoms with E-state index in [4.69, 9.17) is 4.74 Å². The van der Waals surface area contributed by atoms with Gasteiger partial charge in [0.25, 0.3) is 0 Å². The second-order valence-electron chi connectivity index (χ2n) is 5.24. The number of aryl methyl sites for hydroxylation is 1. The van der Waals surface area contributed by atoms with Crippen molar-refractivity contribution in [2.24, 2.45) is 5.92 Å². The van der Waals surface area contributed by atoms with E-state index in [1.165, 1.54) is 12.0 Å². The van der Waals surface area contributed by atoms with E-state index in [1.54, 1.807) is 7.11 Å². The molecule has 0 heterocycles. The fourth-order valence-corrected chi connectivity index (χ4v) is 2.54. The van der Waals surface area contributed by atoms with Gasteiger partial charge in [-0.3, -0.25) is 4.79 Å². The molecular weight excluding hydrogens is 236 g/mol. The summed E-state index contributed by atoms with van der Waals surface area (Å²) in [4.78, 5) is 12.0. The molecule has 2 nitrogen and oxygen atoms in total. The zero-order valence-electron chi connectivity index (χ0n) is 11.6. The van der Waals surface area contributed by atoms with Crippen LogP contribution in [0.1, 0.15) is 37.7 Å². The van der Waals surface area contributed by atoms with Crippen molar-refractivity contribution in [3.63, 3.8) is 0 Å². The molecule has 0 fully saturated rings. The highest BCUT2D eigenvalue weighted by atomic mass is 16.5. The fraction of sp³-hybridized carbons (Fsp3) is 0.471. The summed E-state index contributed by atoms with van der Waals surface area (Å²) in [5, 5.41) is 0. The monoisotopic (exact) mass is 258 g/mol. The Morgan fingerprint density at radius 3 is 2.68 bits per heavy atom. The third-order valence-electron chi connectivity index (χ3n) is 3.75. The molecule has 0 aliphatic heterocycles. The van der Waals surface area contributed by atoms with Gasteiger partial charge >= 0.3 is 0 Å². The standard InChI is InChI=1S/C17H22O2/c1-19-17-11-8-14(9-12-17)7-10-16(18)13-15-5-3-2-4-6-15/h2-3,8-9,11-12,15H,4-7,10,13H2,1H3. The number of rotatable bonds is 6. The van der Waals surface area contributed by atoms with E-state index in [0.29, 0.717) is 18.1 Å². The third kappa shape index (κ3) is 4.55. The SMILES string of the molecule is COc1ccc(CCC(=O)CC2CC=CCC2)cc1. The van der Waals surface area contributed by atoms with Crippen LogP contribution in [0.2, 0.25) is 0 Å². The summed E-state index contributed by atoms with van der Waals surface area (Å²) in [6.07, 6.45) is 10.1. The van der Waals surface area contributed by atoms with Crippen LogP contribution in [-0.4, -0.2) is 12.9 Å². The molecule has 0 N–H and O–H groups in total. The molecule has 1 atom stereocenters. The van der Waals surface area contributed by atoms with Gasteiger partial charge in [-0.25, -0.2) is 0 Å². The molecule has 1 aromatic carbocycles. The molecule has 0 radical (unpaired) electrons. The number of benzene rings is 1. The highest BCUT2D eigenvalue weighted by Gasteiger charge is 2.14. The van der Waals surface area contributed by atoms with Gasteiger partial charge in [-0.15, -0.1) is 0 Å². The van der Waals surface area contributed by atoms with Gasteiger partial charge in [0.2, 0.25) is 0 Å². The first-order valence-electron chi connectivity index (χ1n) is 7.07. The van der Waals surface area contributed by atoms with Gasteiger partial charge in [-0.05, 0) is 49.3 Å². The van der Waals surface area contributed by atoms with Crippen LogP contribution in [0.3, 0.4) is 0 Å². The molecule has 1 unspecified atom stereocenters. The van der Waals surface area contributed by atoms with Gasteiger partial charge in [-0.2, -0.15) is 0 Å². The summed E-state index contributed by atoms with van der Waals surface area (Å²) in [5.41, 5.74) is 1.21. The molecule has 2 heteroatoms. The van der Waals surface area contributed by atoms with E-state index in [9.17, 15) is 4.79 Å². The lowest BCUT2D eigenvalue weighted by molar-refractivity contribution is -0.120. The van der Waals surface area contributed by atoms with E-state index < -0.39 is 0 Å². The first kappa shape index (κ1) is 13.9. The number of allylic oxidation sites excluding steroid dienone is 2. The van der Waals surface area contributed by atoms with Gasteiger partial charge in [0.1, 0.15) is 11.5 Å². The lowest BCUT2D eigenvalue weighted by Gasteiger charge is -2.16. The zero-order valence-corrected chi connectivity index (χ0v) is 11.6. The number of hydrogen-bond acceptors (Lipinski definition) is 2. The van der Waals surface area contributed by atoms with Gasteiger partial charge in [0, 0.05) is 12.8 Å². The summed E-state index contributed by atoms with van der Waals surface area (Å²) < 4.78 is 5.12. The quantitative estimate of drug-likeness (QED) is 0.722. The highest BCUT2D eigenvalue weighted by Crippen LogP contribution is 2.22. The molecule has 0 saturated heterocycles. The van der Waals surface area contributed by atoms with Crippen molar-refractivity contribution < 1.29 is 9.53 Å². The van der Waals surface area contributed by atoms with E-state index in [2.05, 4.69) is 12.2 Å². The minimum atomic E-state index is 0.399. The molecule has 0 aromatic heterocycles. The summed E-state index contributed by atoms with van der Waals surface area (Å²) in [6, 6.07) is 7.97. The van der Waals surface area contributed by atoms with Crippen LogP contribution in [0, 0.1) is 5.92 Å². The minimum absolute atomic E-state index is 0.399. The average Bonchev–Trinajstić information content (AvgIpc) is 2.47. The predicted octanol–water partition coefficient (Wildman–Crippen LogP) is 3.94. The lowest BCUT2D eigenvalue weighted by Crippen LogP contribution is -2.10. The van der Waals surface area contributed by atoms with Crippen LogP contribution in [0.15, 0.2) is 36.4 Å². The Hall–Kier alpha value is -1.57. The van der Waals surface area contributed by atoms with Gasteiger partial charge in [0.05, 0.1) is 7.11 Å². The molecule has 1 aliphatic carbocycles. The molecule has 2 rings (SSSR count). The van der Waals surface area contributed by atoms with Gasteiger partial charge in [-0.1, -0.05) is 24.3 Å². The van der Waals surface area contributed by atoms with Crippen molar-refractivity contribution in [3.05, 3.63) is 42.0 Å². The lowest BCUT2D eigenvalue weighted by atomic mass is 9.89. The summed E-state index contributed by atoms with van der Waals surface area (Å²) in [6.45, 7) is 0. The number of Topliss-reactive ketones (excluding diaryl/α,β-unsaturated/α-hetero) is 1. The fourth-order valence-electron chi connectivity index (χ4n) is 2.54. The van der Waals surface area contributed by atoms with Crippen LogP contribution in [0.25, 0.3) is 0 Å². The van der Waals surface area contributed by atoms with E-state index in [1.807, 2.05) is 24.3 Å². The number of methoxy groups -OCH3 is 1. The van der Waals surface area contributed by atoms with E-state index in [-0.39, 0.29) is 0 Å². The van der Waals surface area contributed by atoms with Crippen LogP contribution in [-0.2, 0) is 11.2 Å². The number of hydrogen-bond donors (Lipinski definition) is 0. The van der Waals surface area contributed by atoms with E-state index >= 15 is 0 Å². The molecule has 19 heavy (non-hydrogen) atoms. The maximum absolute atomic E-state index is 12.0. The van der Waals surface area contributed by atoms with Crippen molar-refractivity contribution in [2.75, 3.05) is 7.11 Å². The predicted molar refractivity (Wildman–Crippen MR) is 77.4 cm³/mol. The maximum atomic E-state index is 12.0. The second kappa shape index (κ2) is 7.13. The Morgan fingerprint density at radius 1 is 1.26 bits per heavy atom. The van der Waals surface area contributed by atoms with Crippen LogP contribution >= 0.6 is 0 Å². The smallest absolute Gasteiger partial charge is 0.133 e. The number of ketones is 1. The molecule has 1 aliphatic rings. The Labute approximate surface area is 115 Å². The molecule has 1 aromatic rings. The molecule has 0 saturated carbocycles. The van der Waals surface area contributed by atoms with Gasteiger partial charge < -0.3 is 4.74 Å². The van der Waals surface area contributed by atoms with E-state index in [0.717, 1.165) is 31.4 Å². The Balaban J connectivity index is 1.74. The molecule has 102 valence electrons. The van der Waals surface area contributed by atoms with Crippen molar-refractivity contribution >= 4 is 5.78 Å². The molecular formula is C17H22O2. The van der Waals surface area contributed by atoms with Gasteiger partial charge in [0.15, 0.2) is 0 Å². The molecule has 0 amide bonds. The van der Waals surface area contributed by atoms with Crippen molar-refractivity contribution in [3.8, 4) is 5.75 Å². The summed E-state index contributed by atoms with van der Waals surface area (Å²) >= 11 is 0. The minimum Gasteiger partial charge on any atom is -0.497 e. The van der Waals surface area contributed by atoms with Crippen LogP contribution < -0.4 is 4.74 Å². The number of ether oxygens (including phenoxy) is 1. The van der Waals surface area contributed by atoms with Crippen LogP contribution in [0.5, 0.6) is 5.75 Å². The van der Waals surface area contributed by atoms with Crippen molar-refractivity contribution in [2.45, 2.75) is 38.5 Å². The first-order chi connectivity index (χ1) is 9.28.